The Kier molecular flexibility index (Phi) is 1680. The van der Waals surface area contributed by atoms with E-state index in [1.165, 1.54) is 0 Å². The van der Waals surface area contributed by atoms with E-state index in [1.807, 2.05) is 27.7 Å². The van der Waals surface area contributed by atoms with E-state index in [4.69, 9.17) is 0 Å². The second-order valence-electron chi connectivity index (χ2n) is 0. The summed E-state index contributed by atoms with van der Waals surface area (Å²) in [6.07, 6.45) is 0. The monoisotopic (exact) mass is 196 g/mol. The molecule has 0 aliphatic carbocycles. The summed E-state index contributed by atoms with van der Waals surface area (Å²) < 4.78 is 0. The molecule has 0 atom stereocenters. The molecule has 0 N–H and O–H groups in total. The van der Waals surface area contributed by atoms with Gasteiger partial charge in [0.2, 0.25) is 0 Å². The molecule has 8 heavy (non-hydrogen) atoms. The predicted molar refractivity (Wildman–Crippen MR) is 64.2 cm³/mol. The van der Waals surface area contributed by atoms with E-state index < -0.39 is 0 Å². The first-order chi connectivity index (χ1) is 2.00. The lowest BCUT2D eigenvalue weighted by molar-refractivity contribution is 1.50. The first-order valence-corrected chi connectivity index (χ1v) is 2.00. The quantitative estimate of drug-likeness (QED) is 0.558. The Morgan fingerprint density at radius 1 is 0.375 bits per heavy atom. The van der Waals surface area contributed by atoms with Crippen LogP contribution in [-0.4, -0.2) is 0 Å². The van der Waals surface area contributed by atoms with Gasteiger partial charge in [-0.1, -0.05) is 27.7 Å². The van der Waals surface area contributed by atoms with E-state index in [0.29, 0.717) is 0 Å². The van der Waals surface area contributed by atoms with E-state index in [1.54, 1.807) is 0 Å². The average molecular weight is 196 g/mol. The van der Waals surface area contributed by atoms with Gasteiger partial charge in [-0.3, -0.25) is 0 Å². The molecule has 0 aromatic heterocycles. The van der Waals surface area contributed by atoms with Crippen molar-refractivity contribution in [3.63, 3.8) is 0 Å². The van der Waals surface area contributed by atoms with Crippen molar-refractivity contribution in [2.75, 3.05) is 0 Å². The maximum Gasteiger partial charge on any atom is -0.0683 e. The van der Waals surface area contributed by atoms with Crippen LogP contribution in [0.2, 0.25) is 0 Å². The maximum absolute atomic E-state index is 2.00. The number of hydrogen-bond acceptors (Lipinski definition) is 0. The summed E-state index contributed by atoms with van der Waals surface area (Å²) in [6, 6.07) is 0. The van der Waals surface area contributed by atoms with Gasteiger partial charge in [-0.2, -0.15) is 54.0 Å². The summed E-state index contributed by atoms with van der Waals surface area (Å²) >= 11 is 0. The van der Waals surface area contributed by atoms with Crippen LogP contribution in [0.3, 0.4) is 0 Å². The Bertz CT molecular complexity index is 8.00. The molecule has 0 aliphatic rings. The van der Waals surface area contributed by atoms with Gasteiger partial charge in [0, 0.05) is 0 Å². The molecule has 0 amide bonds. The van der Waals surface area contributed by atoms with E-state index in [-0.39, 0.29) is 54.0 Å². The van der Waals surface area contributed by atoms with Gasteiger partial charge in [0.25, 0.3) is 0 Å². The summed E-state index contributed by atoms with van der Waals surface area (Å²) in [5.41, 5.74) is 0. The molecule has 4 heteroatoms. The third-order valence-corrected chi connectivity index (χ3v) is 0. The fourth-order valence-corrected chi connectivity index (χ4v) is 0. The van der Waals surface area contributed by atoms with E-state index in [2.05, 4.69) is 0 Å². The minimum Gasteiger partial charge on any atom is -0.197 e. The molecule has 0 rings (SSSR count). The summed E-state index contributed by atoms with van der Waals surface area (Å²) in [5, 5.41) is 0. The van der Waals surface area contributed by atoms with Crippen LogP contribution >= 0.6 is 54.0 Å². The normalized spacial score (nSPS) is 1.50. The van der Waals surface area contributed by atoms with Gasteiger partial charge in [0.05, 0.1) is 0 Å². The summed E-state index contributed by atoms with van der Waals surface area (Å²) in [4.78, 5) is 0. The van der Waals surface area contributed by atoms with E-state index in [9.17, 15) is 0 Å². The van der Waals surface area contributed by atoms with E-state index >= 15 is 0 Å². The topological polar surface area (TPSA) is 0 Å². The minimum absolute atomic E-state index is 0. The Labute approximate surface area is 81.6 Å². The molecule has 0 aromatic rings. The molecule has 0 aliphatic heterocycles. The van der Waals surface area contributed by atoms with Crippen molar-refractivity contribution in [3.05, 3.63) is 0 Å². The minimum atomic E-state index is 0. The lowest BCUT2D eigenvalue weighted by atomic mass is 11.0. The van der Waals surface area contributed by atoms with Crippen molar-refractivity contribution in [1.82, 2.24) is 0 Å². The summed E-state index contributed by atoms with van der Waals surface area (Å²) in [6.45, 7) is 8.00. The maximum atomic E-state index is 2.00. The molecular formula is C4H20S4. The van der Waals surface area contributed by atoms with Gasteiger partial charge in [-0.05, 0) is 0 Å². The van der Waals surface area contributed by atoms with E-state index in [0.717, 1.165) is 0 Å². The lowest BCUT2D eigenvalue weighted by Gasteiger charge is -1.07. The van der Waals surface area contributed by atoms with Gasteiger partial charge < -0.3 is 0 Å². The molecule has 0 bridgehead atoms. The molecule has 0 aromatic carbocycles. The van der Waals surface area contributed by atoms with Crippen LogP contribution in [-0.2, 0) is 0 Å². The predicted octanol–water partition coefficient (Wildman–Crippen LogP) is 2.50. The second-order valence-corrected chi connectivity index (χ2v) is 0. The van der Waals surface area contributed by atoms with Crippen LogP contribution in [0.15, 0.2) is 0 Å². The Morgan fingerprint density at radius 3 is 0.375 bits per heavy atom. The summed E-state index contributed by atoms with van der Waals surface area (Å²) in [7, 11) is 0. The molecule has 0 saturated heterocycles. The van der Waals surface area contributed by atoms with Crippen LogP contribution in [0, 0.1) is 0 Å². The lowest BCUT2D eigenvalue weighted by Crippen LogP contribution is -0.856. The molecular weight excluding hydrogens is 176 g/mol. The average Bonchev–Trinajstić information content (AvgIpc) is 1.50. The van der Waals surface area contributed by atoms with Crippen molar-refractivity contribution >= 4 is 54.0 Å². The highest BCUT2D eigenvalue weighted by Gasteiger charge is 0.934. The molecule has 0 nitrogen and oxygen atoms in total. The molecule has 0 fully saturated rings. The Hall–Kier alpha value is 1.40. The second kappa shape index (κ2) is 235. The highest BCUT2D eigenvalue weighted by Crippen LogP contribution is 1.15. The number of hydrogen-bond donors (Lipinski definition) is 0. The van der Waals surface area contributed by atoms with Crippen LogP contribution in [0.4, 0.5) is 0 Å². The zero-order valence-electron chi connectivity index (χ0n) is 6.00. The van der Waals surface area contributed by atoms with Crippen LogP contribution in [0.5, 0.6) is 0 Å². The molecule has 0 unspecified atom stereocenters. The van der Waals surface area contributed by atoms with Crippen molar-refractivity contribution < 1.29 is 0 Å². The fourth-order valence-electron chi connectivity index (χ4n) is 0. The standard InChI is InChI=1S/2C2H6.4H2S/c2*1-2;;;;/h2*1-2H3;4*1H2. The molecule has 0 radical (unpaired) electrons. The van der Waals surface area contributed by atoms with Gasteiger partial charge in [0.1, 0.15) is 0 Å². The highest BCUT2D eigenvalue weighted by molar-refractivity contribution is 7.59. The van der Waals surface area contributed by atoms with Gasteiger partial charge in [-0.15, -0.1) is 0 Å². The van der Waals surface area contributed by atoms with Gasteiger partial charge in [-0.25, -0.2) is 0 Å². The summed E-state index contributed by atoms with van der Waals surface area (Å²) in [5.74, 6) is 0. The van der Waals surface area contributed by atoms with Crippen LogP contribution in [0.1, 0.15) is 27.7 Å². The largest absolute Gasteiger partial charge is 0.197 e. The van der Waals surface area contributed by atoms with Crippen LogP contribution < -0.4 is 0 Å². The fraction of sp³-hybridized carbons (Fsp3) is 1.00. The molecule has 0 heterocycles. The zero-order chi connectivity index (χ0) is 4.00. The Balaban J connectivity index is -0.00000000167. The van der Waals surface area contributed by atoms with Crippen molar-refractivity contribution in [2.24, 2.45) is 0 Å². The third kappa shape index (κ3) is 155. The number of rotatable bonds is 0. The zero-order valence-corrected chi connectivity index (χ0v) is 10.0. The molecule has 60 valence electrons. The molecule has 0 saturated carbocycles. The first kappa shape index (κ1) is 57.4. The highest BCUT2D eigenvalue weighted by atomic mass is 32.1. The van der Waals surface area contributed by atoms with Crippen molar-refractivity contribution in [2.45, 2.75) is 27.7 Å². The first-order valence-electron chi connectivity index (χ1n) is 2.00. The van der Waals surface area contributed by atoms with Crippen LogP contribution in [0.25, 0.3) is 0 Å². The SMILES string of the molecule is CC.CC.S.S.S.S. The Morgan fingerprint density at radius 2 is 0.375 bits per heavy atom. The smallest absolute Gasteiger partial charge is 0.0683 e. The van der Waals surface area contributed by atoms with Crippen molar-refractivity contribution in [3.8, 4) is 0 Å². The van der Waals surface area contributed by atoms with Crippen molar-refractivity contribution in [1.29, 1.82) is 0 Å². The third-order valence-electron chi connectivity index (χ3n) is 0. The molecule has 0 spiro atoms. The van der Waals surface area contributed by atoms with Gasteiger partial charge >= 0.3 is 0 Å². The van der Waals surface area contributed by atoms with Gasteiger partial charge in [0.15, 0.2) is 0 Å².